The van der Waals surface area contributed by atoms with Crippen LogP contribution in [0.3, 0.4) is 0 Å². The van der Waals surface area contributed by atoms with Crippen LogP contribution >= 0.6 is 0 Å². The molecule has 0 saturated heterocycles. The second kappa shape index (κ2) is 8.40. The summed E-state index contributed by atoms with van der Waals surface area (Å²) in [7, 11) is 1.58. The first-order valence-electron chi connectivity index (χ1n) is 8.87. The zero-order valence-electron chi connectivity index (χ0n) is 16.3. The molecule has 0 radical (unpaired) electrons. The molecule has 1 heterocycles. The number of hydrogen-bond acceptors (Lipinski definition) is 6. The van der Waals surface area contributed by atoms with E-state index in [2.05, 4.69) is 16.2 Å². The molecule has 0 unspecified atom stereocenters. The highest BCUT2D eigenvalue weighted by Gasteiger charge is 2.14. The lowest BCUT2D eigenvalue weighted by atomic mass is 10.1. The maximum Gasteiger partial charge on any atom is 0.268 e. The summed E-state index contributed by atoms with van der Waals surface area (Å²) in [4.78, 5) is 4.35. The number of methoxy groups -OCH3 is 1. The van der Waals surface area contributed by atoms with E-state index < -0.39 is 0 Å². The number of hydrogen-bond donors (Lipinski definition) is 0. The highest BCUT2D eigenvalue weighted by atomic mass is 16.5. The fourth-order valence-corrected chi connectivity index (χ4v) is 2.59. The molecule has 0 bridgehead atoms. The Morgan fingerprint density at radius 2 is 1.89 bits per heavy atom. The monoisotopic (exact) mass is 375 g/mol. The van der Waals surface area contributed by atoms with Gasteiger partial charge in [0.1, 0.15) is 11.6 Å². The maximum atomic E-state index is 9.56. The van der Waals surface area contributed by atoms with E-state index in [4.69, 9.17) is 14.0 Å². The average molecular weight is 375 g/mol. The summed E-state index contributed by atoms with van der Waals surface area (Å²) in [5.41, 5.74) is 3.00. The summed E-state index contributed by atoms with van der Waals surface area (Å²) in [6.07, 6.45) is 1.71. The van der Waals surface area contributed by atoms with Crippen molar-refractivity contribution in [3.8, 4) is 29.0 Å². The quantitative estimate of drug-likeness (QED) is 0.570. The number of allylic oxidation sites excluding steroid dienone is 1. The Balaban J connectivity index is 1.90. The molecule has 3 rings (SSSR count). The van der Waals surface area contributed by atoms with Crippen LogP contribution in [0.1, 0.15) is 30.9 Å². The van der Waals surface area contributed by atoms with Crippen molar-refractivity contribution in [2.45, 2.75) is 26.9 Å². The van der Waals surface area contributed by atoms with Crippen molar-refractivity contribution in [3.05, 3.63) is 59.5 Å². The van der Waals surface area contributed by atoms with Crippen LogP contribution in [-0.2, 0) is 0 Å². The predicted octanol–water partition coefficient (Wildman–Crippen LogP) is 4.91. The Labute approximate surface area is 164 Å². The van der Waals surface area contributed by atoms with E-state index in [0.717, 1.165) is 16.7 Å². The molecular formula is C22H21N3O3. The summed E-state index contributed by atoms with van der Waals surface area (Å²) in [6.45, 7) is 5.90. The molecule has 0 spiro atoms. The van der Waals surface area contributed by atoms with Gasteiger partial charge < -0.3 is 14.0 Å². The van der Waals surface area contributed by atoms with Crippen LogP contribution < -0.4 is 9.47 Å². The van der Waals surface area contributed by atoms with E-state index in [-0.39, 0.29) is 17.6 Å². The van der Waals surface area contributed by atoms with Gasteiger partial charge in [0.05, 0.1) is 13.2 Å². The summed E-state index contributed by atoms with van der Waals surface area (Å²) in [5.74, 6) is 1.84. The number of aromatic nitrogens is 2. The van der Waals surface area contributed by atoms with E-state index in [0.29, 0.717) is 17.3 Å². The molecule has 0 aliphatic carbocycles. The highest BCUT2D eigenvalue weighted by molar-refractivity contribution is 5.87. The van der Waals surface area contributed by atoms with Crippen LogP contribution in [-0.4, -0.2) is 23.4 Å². The third kappa shape index (κ3) is 4.38. The number of benzene rings is 2. The van der Waals surface area contributed by atoms with Gasteiger partial charge in [-0.25, -0.2) is 0 Å². The van der Waals surface area contributed by atoms with Crippen LogP contribution in [0.25, 0.3) is 23.0 Å². The van der Waals surface area contributed by atoms with E-state index in [9.17, 15) is 5.26 Å². The van der Waals surface area contributed by atoms with Gasteiger partial charge in [0.15, 0.2) is 11.5 Å². The number of nitriles is 1. The van der Waals surface area contributed by atoms with Gasteiger partial charge in [0, 0.05) is 5.56 Å². The van der Waals surface area contributed by atoms with Crippen molar-refractivity contribution >= 4 is 11.6 Å². The smallest absolute Gasteiger partial charge is 0.268 e. The molecule has 142 valence electrons. The molecule has 0 aliphatic heterocycles. The molecule has 0 saturated carbocycles. The van der Waals surface area contributed by atoms with Gasteiger partial charge in [-0.3, -0.25) is 0 Å². The molecule has 2 aromatic carbocycles. The zero-order valence-corrected chi connectivity index (χ0v) is 16.3. The zero-order chi connectivity index (χ0) is 20.1. The van der Waals surface area contributed by atoms with Crippen molar-refractivity contribution in [2.75, 3.05) is 7.11 Å². The SMILES string of the molecule is COc1cc(/C=C(\C#N)c2nc(-c3ccc(C)cc3)no2)ccc1OC(C)C. The fraction of sp³-hybridized carbons (Fsp3) is 0.227. The van der Waals surface area contributed by atoms with Crippen molar-refractivity contribution in [1.82, 2.24) is 10.1 Å². The Morgan fingerprint density at radius 1 is 1.14 bits per heavy atom. The summed E-state index contributed by atoms with van der Waals surface area (Å²) >= 11 is 0. The lowest BCUT2D eigenvalue weighted by Gasteiger charge is -2.13. The minimum Gasteiger partial charge on any atom is -0.493 e. The number of ether oxygens (including phenoxy) is 2. The van der Waals surface area contributed by atoms with Crippen LogP contribution in [0.4, 0.5) is 0 Å². The van der Waals surface area contributed by atoms with Crippen LogP contribution in [0.15, 0.2) is 47.0 Å². The van der Waals surface area contributed by atoms with Gasteiger partial charge in [-0.15, -0.1) is 0 Å². The lowest BCUT2D eigenvalue weighted by Crippen LogP contribution is -2.06. The van der Waals surface area contributed by atoms with Crippen LogP contribution in [0, 0.1) is 18.3 Å². The number of nitrogens with zero attached hydrogens (tertiary/aromatic N) is 3. The van der Waals surface area contributed by atoms with Gasteiger partial charge >= 0.3 is 0 Å². The first-order valence-corrected chi connectivity index (χ1v) is 8.87. The molecule has 0 N–H and O–H groups in total. The third-order valence-electron chi connectivity index (χ3n) is 3.95. The summed E-state index contributed by atoms with van der Waals surface area (Å²) in [6, 6.07) is 15.3. The van der Waals surface area contributed by atoms with Crippen molar-refractivity contribution in [1.29, 1.82) is 5.26 Å². The number of aryl methyl sites for hydroxylation is 1. The van der Waals surface area contributed by atoms with Crippen LogP contribution in [0.2, 0.25) is 0 Å². The largest absolute Gasteiger partial charge is 0.493 e. The molecule has 28 heavy (non-hydrogen) atoms. The molecule has 0 fully saturated rings. The average Bonchev–Trinajstić information content (AvgIpc) is 3.17. The minimum absolute atomic E-state index is 0.0311. The number of rotatable bonds is 6. The van der Waals surface area contributed by atoms with E-state index in [1.807, 2.05) is 57.2 Å². The Kier molecular flexibility index (Phi) is 5.75. The topological polar surface area (TPSA) is 81.2 Å². The summed E-state index contributed by atoms with van der Waals surface area (Å²) in [5, 5.41) is 13.5. The molecule has 0 atom stereocenters. The Bertz CT molecular complexity index is 1030. The van der Waals surface area contributed by atoms with E-state index in [1.54, 1.807) is 19.3 Å². The van der Waals surface area contributed by atoms with Gasteiger partial charge in [-0.2, -0.15) is 10.2 Å². The first kappa shape index (κ1) is 19.2. The molecule has 1 aromatic heterocycles. The molecular weight excluding hydrogens is 354 g/mol. The Hall–Kier alpha value is -3.59. The summed E-state index contributed by atoms with van der Waals surface area (Å²) < 4.78 is 16.4. The fourth-order valence-electron chi connectivity index (χ4n) is 2.59. The van der Waals surface area contributed by atoms with Gasteiger partial charge in [0.25, 0.3) is 5.89 Å². The molecule has 3 aromatic rings. The van der Waals surface area contributed by atoms with E-state index in [1.165, 1.54) is 0 Å². The first-order chi connectivity index (χ1) is 13.5. The van der Waals surface area contributed by atoms with Gasteiger partial charge in [-0.05, 0) is 44.5 Å². The van der Waals surface area contributed by atoms with E-state index >= 15 is 0 Å². The molecule has 6 nitrogen and oxygen atoms in total. The highest BCUT2D eigenvalue weighted by Crippen LogP contribution is 2.30. The van der Waals surface area contributed by atoms with Gasteiger partial charge in [-0.1, -0.05) is 41.1 Å². The van der Waals surface area contributed by atoms with Crippen molar-refractivity contribution in [2.24, 2.45) is 0 Å². The normalized spacial score (nSPS) is 11.4. The molecule has 0 aliphatic rings. The predicted molar refractivity (Wildman–Crippen MR) is 107 cm³/mol. The van der Waals surface area contributed by atoms with Crippen LogP contribution in [0.5, 0.6) is 11.5 Å². The molecule has 6 heteroatoms. The maximum absolute atomic E-state index is 9.56. The van der Waals surface area contributed by atoms with Gasteiger partial charge in [0.2, 0.25) is 5.82 Å². The van der Waals surface area contributed by atoms with Crippen molar-refractivity contribution in [3.63, 3.8) is 0 Å². The minimum atomic E-state index is 0.0311. The third-order valence-corrected chi connectivity index (χ3v) is 3.95. The molecule has 0 amide bonds. The second-order valence-corrected chi connectivity index (χ2v) is 6.54. The lowest BCUT2D eigenvalue weighted by molar-refractivity contribution is 0.230. The second-order valence-electron chi connectivity index (χ2n) is 6.54. The van der Waals surface area contributed by atoms with Crippen molar-refractivity contribution < 1.29 is 14.0 Å². The Morgan fingerprint density at radius 3 is 2.54 bits per heavy atom. The standard InChI is InChI=1S/C22H21N3O3/c1-14(2)27-19-10-7-16(12-20(19)26-4)11-18(13-23)22-24-21(25-28-22)17-8-5-15(3)6-9-17/h5-12,14H,1-4H3/b18-11+.